The van der Waals surface area contributed by atoms with Crippen molar-refractivity contribution in [2.24, 2.45) is 0 Å². The molecule has 1 atom stereocenters. The summed E-state index contributed by atoms with van der Waals surface area (Å²) in [5.74, 6) is 1.83. The predicted octanol–water partition coefficient (Wildman–Crippen LogP) is 4.73. The lowest BCUT2D eigenvalue weighted by Gasteiger charge is -2.27. The van der Waals surface area contributed by atoms with E-state index >= 15 is 0 Å². The molecule has 0 saturated carbocycles. The average Bonchev–Trinajstić information content (AvgIpc) is 3.14. The second kappa shape index (κ2) is 8.47. The van der Waals surface area contributed by atoms with Gasteiger partial charge in [0.15, 0.2) is 11.5 Å². The Morgan fingerprint density at radius 2 is 1.56 bits per heavy atom. The van der Waals surface area contributed by atoms with Gasteiger partial charge in [-0.1, -0.05) is 55.7 Å². The molecular formula is C23H27NO3. The largest absolute Gasteiger partial charge is 0.454 e. The molecule has 1 saturated heterocycles. The summed E-state index contributed by atoms with van der Waals surface area (Å²) >= 11 is 0. The van der Waals surface area contributed by atoms with E-state index in [9.17, 15) is 4.79 Å². The number of ether oxygens (including phenoxy) is 2. The summed E-state index contributed by atoms with van der Waals surface area (Å²) in [5.41, 5.74) is 2.27. The SMILES string of the molecule is O=C(CC(c1ccccc1)c1ccc2c(c1)OCO2)N1CCCCCCC1. The number of benzene rings is 2. The molecule has 2 aromatic rings. The monoisotopic (exact) mass is 365 g/mol. The third kappa shape index (κ3) is 4.26. The molecule has 142 valence electrons. The molecule has 27 heavy (non-hydrogen) atoms. The van der Waals surface area contributed by atoms with Crippen molar-refractivity contribution in [3.8, 4) is 11.5 Å². The van der Waals surface area contributed by atoms with Gasteiger partial charge in [-0.25, -0.2) is 0 Å². The number of hydrogen-bond donors (Lipinski definition) is 0. The topological polar surface area (TPSA) is 38.8 Å². The van der Waals surface area contributed by atoms with Crippen LogP contribution in [0.15, 0.2) is 48.5 Å². The lowest BCUT2D eigenvalue weighted by atomic mass is 9.87. The third-order valence-electron chi connectivity index (χ3n) is 5.59. The minimum Gasteiger partial charge on any atom is -0.454 e. The van der Waals surface area contributed by atoms with Crippen LogP contribution in [0.25, 0.3) is 0 Å². The van der Waals surface area contributed by atoms with Gasteiger partial charge in [-0.05, 0) is 36.1 Å². The number of carbonyl (C=O) groups excluding carboxylic acids is 1. The number of rotatable bonds is 4. The highest BCUT2D eigenvalue weighted by Gasteiger charge is 2.24. The Labute approximate surface area is 161 Å². The second-order valence-electron chi connectivity index (χ2n) is 7.43. The first kappa shape index (κ1) is 17.9. The smallest absolute Gasteiger partial charge is 0.231 e. The van der Waals surface area contributed by atoms with Crippen molar-refractivity contribution >= 4 is 5.91 Å². The molecule has 0 aliphatic carbocycles. The fourth-order valence-corrected chi connectivity index (χ4v) is 4.04. The summed E-state index contributed by atoms with van der Waals surface area (Å²) in [6.45, 7) is 2.05. The first-order valence-corrected chi connectivity index (χ1v) is 10.0. The molecular weight excluding hydrogens is 338 g/mol. The Morgan fingerprint density at radius 1 is 0.852 bits per heavy atom. The van der Waals surface area contributed by atoms with Gasteiger partial charge in [-0.2, -0.15) is 0 Å². The van der Waals surface area contributed by atoms with Crippen molar-refractivity contribution in [3.05, 3.63) is 59.7 Å². The minimum atomic E-state index is 0.0265. The minimum absolute atomic E-state index is 0.0265. The predicted molar refractivity (Wildman–Crippen MR) is 105 cm³/mol. The van der Waals surface area contributed by atoms with E-state index in [-0.39, 0.29) is 18.6 Å². The van der Waals surface area contributed by atoms with Gasteiger partial charge in [0, 0.05) is 25.4 Å². The molecule has 1 unspecified atom stereocenters. The van der Waals surface area contributed by atoms with Crippen molar-refractivity contribution in [3.63, 3.8) is 0 Å². The first-order valence-electron chi connectivity index (χ1n) is 10.0. The van der Waals surface area contributed by atoms with E-state index in [0.29, 0.717) is 6.42 Å². The number of fused-ring (bicyclic) bond motifs is 1. The maximum Gasteiger partial charge on any atom is 0.231 e. The van der Waals surface area contributed by atoms with Gasteiger partial charge in [0.25, 0.3) is 0 Å². The van der Waals surface area contributed by atoms with Crippen LogP contribution < -0.4 is 9.47 Å². The van der Waals surface area contributed by atoms with Crippen LogP contribution in [-0.4, -0.2) is 30.7 Å². The third-order valence-corrected chi connectivity index (χ3v) is 5.59. The summed E-state index contributed by atoms with van der Waals surface area (Å²) in [5, 5.41) is 0. The lowest BCUT2D eigenvalue weighted by molar-refractivity contribution is -0.131. The maximum absolute atomic E-state index is 13.1. The second-order valence-corrected chi connectivity index (χ2v) is 7.43. The highest BCUT2D eigenvalue weighted by atomic mass is 16.7. The molecule has 0 aromatic heterocycles. The van der Waals surface area contributed by atoms with Crippen LogP contribution in [0.2, 0.25) is 0 Å². The molecule has 0 radical (unpaired) electrons. The Kier molecular flexibility index (Phi) is 5.61. The summed E-state index contributed by atoms with van der Waals surface area (Å²) in [7, 11) is 0. The summed E-state index contributed by atoms with van der Waals surface area (Å²) in [6, 6.07) is 16.3. The number of carbonyl (C=O) groups is 1. The summed E-state index contributed by atoms with van der Waals surface area (Å²) < 4.78 is 11.0. The first-order chi connectivity index (χ1) is 13.3. The van der Waals surface area contributed by atoms with Crippen LogP contribution in [-0.2, 0) is 4.79 Å². The van der Waals surface area contributed by atoms with Gasteiger partial charge in [-0.15, -0.1) is 0 Å². The average molecular weight is 365 g/mol. The van der Waals surface area contributed by atoms with E-state index in [1.807, 2.05) is 30.3 Å². The van der Waals surface area contributed by atoms with E-state index in [0.717, 1.165) is 48.6 Å². The Morgan fingerprint density at radius 3 is 2.33 bits per heavy atom. The van der Waals surface area contributed by atoms with Gasteiger partial charge in [0.1, 0.15) is 0 Å². The zero-order chi connectivity index (χ0) is 18.5. The molecule has 2 heterocycles. The molecule has 0 N–H and O–H groups in total. The molecule has 2 aliphatic heterocycles. The van der Waals surface area contributed by atoms with E-state index in [2.05, 4.69) is 23.1 Å². The van der Waals surface area contributed by atoms with Crippen LogP contribution in [0.4, 0.5) is 0 Å². The number of hydrogen-bond acceptors (Lipinski definition) is 3. The van der Waals surface area contributed by atoms with Gasteiger partial charge in [0.05, 0.1) is 0 Å². The van der Waals surface area contributed by atoms with Gasteiger partial charge >= 0.3 is 0 Å². The fourth-order valence-electron chi connectivity index (χ4n) is 4.04. The van der Waals surface area contributed by atoms with Crippen molar-refractivity contribution in [1.82, 2.24) is 4.90 Å². The molecule has 0 spiro atoms. The summed E-state index contributed by atoms with van der Waals surface area (Å²) in [4.78, 5) is 15.2. The Bertz CT molecular complexity index is 766. The van der Waals surface area contributed by atoms with Gasteiger partial charge in [0.2, 0.25) is 12.7 Å². The maximum atomic E-state index is 13.1. The zero-order valence-electron chi connectivity index (χ0n) is 15.7. The van der Waals surface area contributed by atoms with E-state index < -0.39 is 0 Å². The lowest BCUT2D eigenvalue weighted by Crippen LogP contribution is -2.34. The quantitative estimate of drug-likeness (QED) is 0.786. The van der Waals surface area contributed by atoms with E-state index in [4.69, 9.17) is 9.47 Å². The molecule has 2 aromatic carbocycles. The normalized spacial score (nSPS) is 17.9. The highest BCUT2D eigenvalue weighted by Crippen LogP contribution is 2.37. The van der Waals surface area contributed by atoms with Crippen LogP contribution in [0.5, 0.6) is 11.5 Å². The van der Waals surface area contributed by atoms with E-state index in [1.54, 1.807) is 0 Å². The Hall–Kier alpha value is -2.49. The molecule has 1 amide bonds. The molecule has 0 bridgehead atoms. The van der Waals surface area contributed by atoms with E-state index in [1.165, 1.54) is 19.3 Å². The molecule has 1 fully saturated rings. The molecule has 2 aliphatic rings. The Balaban J connectivity index is 1.57. The zero-order valence-corrected chi connectivity index (χ0v) is 15.7. The number of likely N-dealkylation sites (tertiary alicyclic amines) is 1. The van der Waals surface area contributed by atoms with Crippen molar-refractivity contribution in [2.45, 2.75) is 44.4 Å². The van der Waals surface area contributed by atoms with Crippen molar-refractivity contribution in [1.29, 1.82) is 0 Å². The van der Waals surface area contributed by atoms with Crippen molar-refractivity contribution < 1.29 is 14.3 Å². The van der Waals surface area contributed by atoms with Crippen LogP contribution in [0, 0.1) is 0 Å². The number of nitrogens with zero attached hydrogens (tertiary/aromatic N) is 1. The summed E-state index contributed by atoms with van der Waals surface area (Å²) in [6.07, 6.45) is 6.48. The standard InChI is InChI=1S/C23H27NO3/c25-23(24-13-7-2-1-3-8-14-24)16-20(18-9-5-4-6-10-18)19-11-12-21-22(15-19)27-17-26-21/h4-6,9-12,15,20H,1-3,7-8,13-14,16-17H2. The van der Waals surface area contributed by atoms with Crippen LogP contribution in [0.1, 0.15) is 55.6 Å². The van der Waals surface area contributed by atoms with Crippen molar-refractivity contribution in [2.75, 3.05) is 19.9 Å². The molecule has 4 heteroatoms. The van der Waals surface area contributed by atoms with Gasteiger partial charge < -0.3 is 14.4 Å². The fraction of sp³-hybridized carbons (Fsp3) is 0.435. The van der Waals surface area contributed by atoms with Gasteiger partial charge in [-0.3, -0.25) is 4.79 Å². The molecule has 4 rings (SSSR count). The van der Waals surface area contributed by atoms with Crippen LogP contribution in [0.3, 0.4) is 0 Å². The number of amides is 1. The highest BCUT2D eigenvalue weighted by molar-refractivity contribution is 5.78. The van der Waals surface area contributed by atoms with Crippen LogP contribution >= 0.6 is 0 Å². The molecule has 4 nitrogen and oxygen atoms in total.